The number of nitrogens with zero attached hydrogens (tertiary/aromatic N) is 4. The molecule has 1 heterocycles. The highest BCUT2D eigenvalue weighted by molar-refractivity contribution is 5.88. The Balaban J connectivity index is 1.14. The van der Waals surface area contributed by atoms with Gasteiger partial charge in [-0.25, -0.2) is 15.0 Å². The van der Waals surface area contributed by atoms with Gasteiger partial charge in [0.05, 0.1) is 11.6 Å². The Labute approximate surface area is 330 Å². The van der Waals surface area contributed by atoms with E-state index in [0.717, 1.165) is 62.3 Å². The fourth-order valence-electron chi connectivity index (χ4n) is 10.8. The molecule has 2 unspecified atom stereocenters. The van der Waals surface area contributed by atoms with Gasteiger partial charge in [-0.1, -0.05) is 141 Å². The second-order valence-corrected chi connectivity index (χ2v) is 16.8. The van der Waals surface area contributed by atoms with Gasteiger partial charge < -0.3 is 0 Å². The van der Waals surface area contributed by atoms with Gasteiger partial charge >= 0.3 is 0 Å². The van der Waals surface area contributed by atoms with Gasteiger partial charge in [-0.15, -0.1) is 0 Å². The smallest absolute Gasteiger partial charge is 0.164 e. The largest absolute Gasteiger partial charge is 0.208 e. The quantitative estimate of drug-likeness (QED) is 0.171. The third-order valence-electron chi connectivity index (χ3n) is 12.8. The molecule has 7 aromatic rings. The molecule has 0 spiro atoms. The maximum absolute atomic E-state index is 9.88. The summed E-state index contributed by atoms with van der Waals surface area (Å²) in [5, 5.41) is 9.88. The van der Waals surface area contributed by atoms with E-state index in [2.05, 4.69) is 147 Å². The molecule has 56 heavy (non-hydrogen) atoms. The molecule has 272 valence electrons. The van der Waals surface area contributed by atoms with Crippen LogP contribution in [0.25, 0.3) is 56.4 Å². The van der Waals surface area contributed by atoms with Crippen molar-refractivity contribution in [3.8, 4) is 62.5 Å². The Hall–Kier alpha value is -6.18. The summed E-state index contributed by atoms with van der Waals surface area (Å²) in [6.45, 7) is 4.91. The molecule has 5 atom stereocenters. The SMILES string of the molecule is C[C@@H]1C[C@@H]2C[C@H](C)CC(c3ccc(-c4nc(-c5cccc(-c6ccccc6)c5)nc(-c5cccc6c5C(c5ccccc5)c5ccc(C#N)cc5-6)n4)cc3)(C1)C2. The average molecular weight is 725 g/mol. The van der Waals surface area contributed by atoms with Crippen LogP contribution in [0, 0.1) is 29.1 Å². The highest BCUT2D eigenvalue weighted by Gasteiger charge is 2.45. The van der Waals surface area contributed by atoms with Crippen LogP contribution in [0.1, 0.15) is 79.7 Å². The van der Waals surface area contributed by atoms with Crippen LogP contribution in [0.2, 0.25) is 0 Å². The predicted octanol–water partition coefficient (Wildman–Crippen LogP) is 12.7. The number of hydrogen-bond acceptors (Lipinski definition) is 4. The molecule has 1 aromatic heterocycles. The van der Waals surface area contributed by atoms with Crippen LogP contribution in [0.4, 0.5) is 0 Å². The fraction of sp³-hybridized carbons (Fsp3) is 0.231. The summed E-state index contributed by atoms with van der Waals surface area (Å²) in [5.41, 5.74) is 13.3. The van der Waals surface area contributed by atoms with Gasteiger partial charge in [-0.05, 0) is 118 Å². The number of aromatic nitrogens is 3. The molecule has 0 amide bonds. The minimum Gasteiger partial charge on any atom is -0.208 e. The number of rotatable bonds is 6. The number of benzene rings is 6. The topological polar surface area (TPSA) is 62.5 Å². The maximum atomic E-state index is 9.88. The molecule has 4 nitrogen and oxygen atoms in total. The zero-order valence-corrected chi connectivity index (χ0v) is 32.0. The van der Waals surface area contributed by atoms with E-state index >= 15 is 0 Å². The Kier molecular flexibility index (Phi) is 8.48. The van der Waals surface area contributed by atoms with Crippen molar-refractivity contribution in [2.75, 3.05) is 0 Å². The van der Waals surface area contributed by atoms with Crippen molar-refractivity contribution in [2.45, 2.75) is 57.3 Å². The first kappa shape index (κ1) is 34.3. The first-order chi connectivity index (χ1) is 27.4. The van der Waals surface area contributed by atoms with E-state index < -0.39 is 0 Å². The van der Waals surface area contributed by atoms with E-state index in [9.17, 15) is 5.26 Å². The third-order valence-corrected chi connectivity index (χ3v) is 12.8. The van der Waals surface area contributed by atoms with E-state index in [0.29, 0.717) is 23.0 Å². The summed E-state index contributed by atoms with van der Waals surface area (Å²) in [5.74, 6) is 4.26. The van der Waals surface area contributed by atoms with Gasteiger partial charge in [0.25, 0.3) is 0 Å². The minimum atomic E-state index is -0.0339. The average Bonchev–Trinajstić information content (AvgIpc) is 3.57. The van der Waals surface area contributed by atoms with E-state index in [1.54, 1.807) is 0 Å². The number of hydrogen-bond donors (Lipinski definition) is 0. The lowest BCUT2D eigenvalue weighted by Gasteiger charge is -2.50. The van der Waals surface area contributed by atoms with Crippen molar-refractivity contribution in [3.63, 3.8) is 0 Å². The highest BCUT2D eigenvalue weighted by Crippen LogP contribution is 2.55. The van der Waals surface area contributed by atoms with Gasteiger partial charge in [0.1, 0.15) is 0 Å². The lowest BCUT2D eigenvalue weighted by atomic mass is 9.54. The van der Waals surface area contributed by atoms with Gasteiger partial charge in [0, 0.05) is 22.6 Å². The van der Waals surface area contributed by atoms with Gasteiger partial charge in [-0.3, -0.25) is 0 Å². The van der Waals surface area contributed by atoms with Crippen LogP contribution in [-0.4, -0.2) is 15.0 Å². The number of nitriles is 1. The molecule has 2 bridgehead atoms. The van der Waals surface area contributed by atoms with E-state index in [1.165, 1.54) is 48.8 Å². The monoisotopic (exact) mass is 724 g/mol. The molecule has 10 rings (SSSR count). The molecule has 0 radical (unpaired) electrons. The summed E-state index contributed by atoms with van der Waals surface area (Å²) >= 11 is 0. The van der Waals surface area contributed by atoms with Crippen LogP contribution < -0.4 is 0 Å². The molecule has 2 fully saturated rings. The van der Waals surface area contributed by atoms with Crippen LogP contribution in [0.15, 0.2) is 146 Å². The Morgan fingerprint density at radius 2 is 1.16 bits per heavy atom. The zero-order valence-electron chi connectivity index (χ0n) is 32.0. The molecular formula is C52H44N4. The highest BCUT2D eigenvalue weighted by atomic mass is 15.0. The molecule has 6 aromatic carbocycles. The van der Waals surface area contributed by atoms with E-state index in [4.69, 9.17) is 15.0 Å². The van der Waals surface area contributed by atoms with Crippen molar-refractivity contribution in [1.82, 2.24) is 15.0 Å². The molecule has 2 saturated carbocycles. The standard InChI is InChI=1S/C52H44N4/c1-33-25-36-26-34(2)30-52(29-33,31-36)42-22-20-39(21-23-42)49-54-50(41-16-9-15-40(28-41)37-11-5-3-6-12-37)56-51(55-49)45-18-10-17-43-46-27-35(32-53)19-24-44(46)47(48(43)45)38-13-7-4-8-14-38/h3-24,27-28,33-34,36,47H,25-26,29-31H2,1-2H3/t33-,34+,36-,47?,52?. The minimum absolute atomic E-state index is 0.0339. The van der Waals surface area contributed by atoms with Crippen LogP contribution >= 0.6 is 0 Å². The van der Waals surface area contributed by atoms with Gasteiger partial charge in [0.2, 0.25) is 0 Å². The zero-order chi connectivity index (χ0) is 37.8. The fourth-order valence-corrected chi connectivity index (χ4v) is 10.8. The second-order valence-electron chi connectivity index (χ2n) is 16.8. The van der Waals surface area contributed by atoms with Crippen molar-refractivity contribution in [1.29, 1.82) is 5.26 Å². The van der Waals surface area contributed by atoms with Crippen molar-refractivity contribution >= 4 is 0 Å². The normalized spacial score (nSPS) is 22.2. The molecule has 0 saturated heterocycles. The molecule has 3 aliphatic rings. The first-order valence-electron chi connectivity index (χ1n) is 20.2. The molecule has 3 aliphatic carbocycles. The van der Waals surface area contributed by atoms with Crippen LogP contribution in [-0.2, 0) is 5.41 Å². The first-order valence-corrected chi connectivity index (χ1v) is 20.2. The lowest BCUT2D eigenvalue weighted by molar-refractivity contribution is 0.0780. The number of fused-ring (bicyclic) bond motifs is 5. The molecule has 0 aliphatic heterocycles. The lowest BCUT2D eigenvalue weighted by Crippen LogP contribution is -2.42. The van der Waals surface area contributed by atoms with Crippen molar-refractivity contribution < 1.29 is 0 Å². The maximum Gasteiger partial charge on any atom is 0.164 e. The van der Waals surface area contributed by atoms with E-state index in [-0.39, 0.29) is 11.3 Å². The third kappa shape index (κ3) is 6.03. The van der Waals surface area contributed by atoms with Gasteiger partial charge in [0.15, 0.2) is 17.5 Å². The Morgan fingerprint density at radius 3 is 1.89 bits per heavy atom. The summed E-state index contributed by atoms with van der Waals surface area (Å²) in [6, 6.07) is 53.8. The van der Waals surface area contributed by atoms with E-state index in [1.807, 2.05) is 18.2 Å². The van der Waals surface area contributed by atoms with Crippen molar-refractivity contribution in [3.05, 3.63) is 173 Å². The second kappa shape index (κ2) is 13.8. The Morgan fingerprint density at radius 1 is 0.536 bits per heavy atom. The summed E-state index contributed by atoms with van der Waals surface area (Å²) in [7, 11) is 0. The van der Waals surface area contributed by atoms with Crippen LogP contribution in [0.5, 0.6) is 0 Å². The summed E-state index contributed by atoms with van der Waals surface area (Å²) < 4.78 is 0. The summed E-state index contributed by atoms with van der Waals surface area (Å²) in [4.78, 5) is 15.9. The molecule has 4 heteroatoms. The molecule has 0 N–H and O–H groups in total. The van der Waals surface area contributed by atoms with Crippen LogP contribution in [0.3, 0.4) is 0 Å². The molecular weight excluding hydrogens is 681 g/mol. The van der Waals surface area contributed by atoms with Crippen molar-refractivity contribution in [2.24, 2.45) is 17.8 Å². The summed E-state index contributed by atoms with van der Waals surface area (Å²) in [6.07, 6.45) is 6.57. The Bertz CT molecular complexity index is 2600. The van der Waals surface area contributed by atoms with Gasteiger partial charge in [-0.2, -0.15) is 5.26 Å². The predicted molar refractivity (Wildman–Crippen MR) is 226 cm³/mol.